The summed E-state index contributed by atoms with van der Waals surface area (Å²) in [6.45, 7) is 1.76. The van der Waals surface area contributed by atoms with E-state index in [0.717, 1.165) is 10.4 Å². The third kappa shape index (κ3) is 3.95. The fourth-order valence-electron chi connectivity index (χ4n) is 2.70. The Labute approximate surface area is 183 Å². The Morgan fingerprint density at radius 3 is 2.86 bits per heavy atom. The number of amides is 1. The zero-order valence-electron chi connectivity index (χ0n) is 15.4. The lowest BCUT2D eigenvalue weighted by molar-refractivity contribution is -0.115. The molecular weight excluding hydrogens is 448 g/mol. The Balaban J connectivity index is 1.61. The van der Waals surface area contributed by atoms with Gasteiger partial charge in [-0.3, -0.25) is 14.2 Å². The summed E-state index contributed by atoms with van der Waals surface area (Å²) in [4.78, 5) is 35.9. The molecule has 1 atom stereocenters. The minimum Gasteiger partial charge on any atom is -0.322 e. The molecule has 0 saturated heterocycles. The lowest BCUT2D eigenvalue weighted by atomic mass is 10.2. The van der Waals surface area contributed by atoms with Gasteiger partial charge in [0.15, 0.2) is 10.3 Å². The topological polar surface area (TPSA) is 76.9 Å². The van der Waals surface area contributed by atoms with Crippen molar-refractivity contribution in [2.75, 3.05) is 5.32 Å². The van der Waals surface area contributed by atoms with Crippen LogP contribution >= 0.6 is 46.0 Å². The van der Waals surface area contributed by atoms with Crippen molar-refractivity contribution in [3.8, 4) is 10.4 Å². The van der Waals surface area contributed by atoms with E-state index in [2.05, 4.69) is 15.3 Å². The molecule has 1 N–H and O–H groups in total. The number of nitrogens with zero attached hydrogens (tertiary/aromatic N) is 3. The van der Waals surface area contributed by atoms with Gasteiger partial charge in [-0.25, -0.2) is 9.97 Å². The van der Waals surface area contributed by atoms with Gasteiger partial charge in [0.2, 0.25) is 5.91 Å². The molecule has 4 rings (SSSR count). The number of nitrogens with one attached hydrogen (secondary N) is 1. The number of anilines is 1. The van der Waals surface area contributed by atoms with Crippen molar-refractivity contribution in [3.05, 3.63) is 56.7 Å². The molecule has 0 aromatic carbocycles. The lowest BCUT2D eigenvalue weighted by Crippen LogP contribution is -2.25. The van der Waals surface area contributed by atoms with E-state index in [0.29, 0.717) is 21.1 Å². The third-order valence-corrected chi connectivity index (χ3v) is 7.45. The van der Waals surface area contributed by atoms with Crippen LogP contribution in [0.15, 0.2) is 51.2 Å². The minimum atomic E-state index is -0.487. The molecule has 0 aliphatic rings. The number of halogens is 1. The van der Waals surface area contributed by atoms with Gasteiger partial charge in [0, 0.05) is 29.1 Å². The molecule has 148 valence electrons. The third-order valence-electron chi connectivity index (χ3n) is 4.23. The van der Waals surface area contributed by atoms with Gasteiger partial charge in [-0.1, -0.05) is 29.4 Å². The molecule has 1 unspecified atom stereocenters. The van der Waals surface area contributed by atoms with Crippen molar-refractivity contribution >= 4 is 67.8 Å². The van der Waals surface area contributed by atoms with Crippen molar-refractivity contribution in [2.45, 2.75) is 17.3 Å². The maximum Gasteiger partial charge on any atom is 0.263 e. The summed E-state index contributed by atoms with van der Waals surface area (Å²) in [5, 5.41) is 7.54. The zero-order valence-corrected chi connectivity index (χ0v) is 18.6. The summed E-state index contributed by atoms with van der Waals surface area (Å²) in [6, 6.07) is 7.33. The van der Waals surface area contributed by atoms with E-state index >= 15 is 0 Å². The van der Waals surface area contributed by atoms with Crippen LogP contribution in [0, 0.1) is 0 Å². The largest absolute Gasteiger partial charge is 0.322 e. The second-order valence-corrected chi connectivity index (χ2v) is 9.63. The van der Waals surface area contributed by atoms with Gasteiger partial charge < -0.3 is 5.32 Å². The van der Waals surface area contributed by atoms with E-state index < -0.39 is 5.25 Å². The Hall–Kier alpha value is -2.20. The molecular formula is C19H15ClN4O2S3. The molecule has 29 heavy (non-hydrogen) atoms. The van der Waals surface area contributed by atoms with Crippen LogP contribution in [0.5, 0.6) is 0 Å². The van der Waals surface area contributed by atoms with Gasteiger partial charge in [-0.15, -0.1) is 22.7 Å². The highest BCUT2D eigenvalue weighted by atomic mass is 35.5. The number of carbonyl (C=O) groups excluding carboxylic acids is 1. The summed E-state index contributed by atoms with van der Waals surface area (Å²) in [7, 11) is 1.68. The summed E-state index contributed by atoms with van der Waals surface area (Å²) in [5.74, 6) is -0.246. The smallest absolute Gasteiger partial charge is 0.263 e. The number of pyridine rings is 1. The lowest BCUT2D eigenvalue weighted by Gasteiger charge is -2.14. The van der Waals surface area contributed by atoms with Gasteiger partial charge in [0.1, 0.15) is 4.83 Å². The zero-order chi connectivity index (χ0) is 20.5. The fraction of sp³-hybridized carbons (Fsp3) is 0.158. The standard InChI is InChI=1S/C19H15ClN4O2S3/c1-10(16(25)22-12-5-3-7-21-15(12)20)29-19-23-17-14(18(26)24(19)2)11(9-28-17)13-6-4-8-27-13/h3-10H,1-2H3,(H,22,25). The molecule has 0 spiro atoms. The predicted octanol–water partition coefficient (Wildman–Crippen LogP) is 4.89. The quantitative estimate of drug-likeness (QED) is 0.259. The van der Waals surface area contributed by atoms with E-state index in [1.807, 2.05) is 22.9 Å². The van der Waals surface area contributed by atoms with Crippen molar-refractivity contribution < 1.29 is 4.79 Å². The van der Waals surface area contributed by atoms with Gasteiger partial charge in [-0.2, -0.15) is 0 Å². The molecule has 1 amide bonds. The van der Waals surface area contributed by atoms with Crippen molar-refractivity contribution in [3.63, 3.8) is 0 Å². The van der Waals surface area contributed by atoms with E-state index in [1.54, 1.807) is 43.6 Å². The first kappa shape index (κ1) is 20.1. The Morgan fingerprint density at radius 1 is 1.31 bits per heavy atom. The first-order valence-electron chi connectivity index (χ1n) is 8.56. The molecule has 4 heterocycles. The number of thiophene rings is 2. The number of carbonyl (C=O) groups is 1. The molecule has 10 heteroatoms. The van der Waals surface area contributed by atoms with Crippen molar-refractivity contribution in [2.24, 2.45) is 7.05 Å². The number of aromatic nitrogens is 3. The normalized spacial score (nSPS) is 12.2. The highest BCUT2D eigenvalue weighted by Crippen LogP contribution is 2.35. The van der Waals surface area contributed by atoms with Crippen LogP contribution in [0.1, 0.15) is 6.92 Å². The first-order chi connectivity index (χ1) is 14.0. The van der Waals surface area contributed by atoms with Gasteiger partial charge in [0.05, 0.1) is 16.3 Å². The fourth-order valence-corrected chi connectivity index (χ4v) is 5.54. The second kappa shape index (κ2) is 8.27. The second-order valence-electron chi connectivity index (χ2n) is 6.16. The molecule has 0 saturated carbocycles. The molecule has 0 aliphatic heterocycles. The van der Waals surface area contributed by atoms with Gasteiger partial charge >= 0.3 is 0 Å². The van der Waals surface area contributed by atoms with E-state index in [-0.39, 0.29) is 16.6 Å². The van der Waals surface area contributed by atoms with Gasteiger partial charge in [0.25, 0.3) is 5.56 Å². The van der Waals surface area contributed by atoms with Crippen LogP contribution in [-0.2, 0) is 11.8 Å². The Morgan fingerprint density at radius 2 is 2.14 bits per heavy atom. The minimum absolute atomic E-state index is 0.120. The summed E-state index contributed by atoms with van der Waals surface area (Å²) < 4.78 is 1.50. The Bertz CT molecular complexity index is 1250. The maximum atomic E-state index is 13.0. The van der Waals surface area contributed by atoms with E-state index in [4.69, 9.17) is 11.6 Å². The highest BCUT2D eigenvalue weighted by Gasteiger charge is 2.21. The molecule has 0 fully saturated rings. The van der Waals surface area contributed by atoms with Crippen LogP contribution in [0.3, 0.4) is 0 Å². The molecule has 0 radical (unpaired) electrons. The number of hydrogen-bond donors (Lipinski definition) is 1. The predicted molar refractivity (Wildman–Crippen MR) is 121 cm³/mol. The molecule has 4 aromatic heterocycles. The van der Waals surface area contributed by atoms with Crippen LogP contribution in [0.4, 0.5) is 5.69 Å². The first-order valence-corrected chi connectivity index (χ1v) is 11.6. The average molecular weight is 463 g/mol. The van der Waals surface area contributed by atoms with E-state index in [9.17, 15) is 9.59 Å². The average Bonchev–Trinajstić information content (AvgIpc) is 3.37. The number of thioether (sulfide) groups is 1. The van der Waals surface area contributed by atoms with E-state index in [1.165, 1.54) is 27.7 Å². The van der Waals surface area contributed by atoms with Crippen molar-refractivity contribution in [1.82, 2.24) is 14.5 Å². The molecule has 4 aromatic rings. The number of hydrogen-bond acceptors (Lipinski definition) is 7. The highest BCUT2D eigenvalue weighted by molar-refractivity contribution is 8.00. The maximum absolute atomic E-state index is 13.0. The van der Waals surface area contributed by atoms with Gasteiger partial charge in [-0.05, 0) is 30.5 Å². The monoisotopic (exact) mass is 462 g/mol. The number of fused-ring (bicyclic) bond motifs is 1. The summed E-state index contributed by atoms with van der Waals surface area (Å²) in [5.41, 5.74) is 1.23. The molecule has 0 bridgehead atoms. The summed E-state index contributed by atoms with van der Waals surface area (Å²) >= 11 is 10.2. The van der Waals surface area contributed by atoms with Crippen LogP contribution in [0.2, 0.25) is 5.15 Å². The van der Waals surface area contributed by atoms with Crippen LogP contribution in [0.25, 0.3) is 20.7 Å². The molecule has 0 aliphatic carbocycles. The van der Waals surface area contributed by atoms with Crippen LogP contribution < -0.4 is 10.9 Å². The van der Waals surface area contributed by atoms with Crippen LogP contribution in [-0.4, -0.2) is 25.7 Å². The van der Waals surface area contributed by atoms with Crippen molar-refractivity contribution in [1.29, 1.82) is 0 Å². The summed E-state index contributed by atoms with van der Waals surface area (Å²) in [6.07, 6.45) is 1.55. The molecule has 6 nitrogen and oxygen atoms in total. The number of rotatable bonds is 5. The SMILES string of the molecule is CC(Sc1nc2scc(-c3cccs3)c2c(=O)n1C)C(=O)Nc1cccnc1Cl. The Kier molecular flexibility index (Phi) is 5.73.